The second-order valence-electron chi connectivity index (χ2n) is 6.81. The molecule has 2 aromatic carbocycles. The fraction of sp³-hybridized carbons (Fsp3) is 0.316. The first kappa shape index (κ1) is 16.4. The van der Waals surface area contributed by atoms with Gasteiger partial charge in [0.25, 0.3) is 5.79 Å². The first-order valence-corrected chi connectivity index (χ1v) is 9.39. The lowest BCUT2D eigenvalue weighted by atomic mass is 9.83. The molecule has 1 heterocycles. The fourth-order valence-electron chi connectivity index (χ4n) is 3.86. The summed E-state index contributed by atoms with van der Waals surface area (Å²) in [7, 11) is 0. The summed E-state index contributed by atoms with van der Waals surface area (Å²) >= 11 is 1.27. The van der Waals surface area contributed by atoms with Crippen LogP contribution in [0.25, 0.3) is 0 Å². The van der Waals surface area contributed by atoms with Gasteiger partial charge in [-0.2, -0.15) is 0 Å². The topological polar surface area (TPSA) is 84.6 Å². The Morgan fingerprint density at radius 1 is 1.24 bits per heavy atom. The molecule has 2 aliphatic rings. The van der Waals surface area contributed by atoms with Gasteiger partial charge in [-0.15, -0.1) is 0 Å². The molecule has 0 amide bonds. The Kier molecular flexibility index (Phi) is 3.45. The summed E-state index contributed by atoms with van der Waals surface area (Å²) in [6.45, 7) is 4.17. The van der Waals surface area contributed by atoms with Gasteiger partial charge < -0.3 is 15.6 Å². The number of rotatable bonds is 3. The van der Waals surface area contributed by atoms with Crippen molar-refractivity contribution in [2.75, 3.05) is 12.0 Å². The Hall–Kier alpha value is -2.02. The van der Waals surface area contributed by atoms with E-state index in [2.05, 4.69) is 18.6 Å². The summed E-state index contributed by atoms with van der Waals surface area (Å²) in [5, 5.41) is 11.5. The molecule has 0 spiro atoms. The summed E-state index contributed by atoms with van der Waals surface area (Å²) in [6.07, 6.45) is 1.81. The molecule has 2 atom stereocenters. The van der Waals surface area contributed by atoms with E-state index in [0.717, 1.165) is 5.56 Å². The normalized spacial score (nSPS) is 26.4. The van der Waals surface area contributed by atoms with Crippen molar-refractivity contribution >= 4 is 23.4 Å². The van der Waals surface area contributed by atoms with Crippen molar-refractivity contribution in [1.82, 2.24) is 4.72 Å². The summed E-state index contributed by atoms with van der Waals surface area (Å²) in [5.74, 6) is -1.26. The van der Waals surface area contributed by atoms with E-state index in [0.29, 0.717) is 34.0 Å². The van der Waals surface area contributed by atoms with Crippen molar-refractivity contribution in [3.8, 4) is 5.75 Å². The van der Waals surface area contributed by atoms with Gasteiger partial charge in [0.05, 0.1) is 5.56 Å². The first-order chi connectivity index (χ1) is 11.9. The number of nitrogen functional groups attached to an aromatic ring is 1. The Labute approximate surface area is 150 Å². The molecule has 130 valence electrons. The molecule has 4 N–H and O–H groups in total. The summed E-state index contributed by atoms with van der Waals surface area (Å²) in [5.41, 5.74) is 7.42. The summed E-state index contributed by atoms with van der Waals surface area (Å²) in [6, 6.07) is 10.8. The lowest BCUT2D eigenvalue weighted by Crippen LogP contribution is -2.56. The molecule has 5 nitrogen and oxygen atoms in total. The number of carbonyl (C=O) groups excluding carboxylic acids is 1. The fourth-order valence-corrected chi connectivity index (χ4v) is 4.51. The number of ketones is 1. The number of ether oxygens (including phenoxy) is 1. The molecular weight excluding hydrogens is 336 g/mol. The predicted octanol–water partition coefficient (Wildman–Crippen LogP) is 2.89. The van der Waals surface area contributed by atoms with Gasteiger partial charge in [0, 0.05) is 16.8 Å². The van der Waals surface area contributed by atoms with Gasteiger partial charge >= 0.3 is 0 Å². The SMILES string of the molecule is CSNC12C(=O)c3c(N)cccc3C1(O)Oc1cc(C(C)C)ccc12. The zero-order valence-corrected chi connectivity index (χ0v) is 15.1. The highest BCUT2D eigenvalue weighted by Crippen LogP contribution is 2.59. The molecule has 6 heteroatoms. The second-order valence-corrected chi connectivity index (χ2v) is 7.42. The maximum absolute atomic E-state index is 13.4. The maximum Gasteiger partial charge on any atom is 0.266 e. The molecule has 2 aromatic rings. The van der Waals surface area contributed by atoms with Crippen molar-refractivity contribution in [1.29, 1.82) is 0 Å². The maximum atomic E-state index is 13.4. The van der Waals surface area contributed by atoms with Crippen LogP contribution >= 0.6 is 11.9 Å². The first-order valence-electron chi connectivity index (χ1n) is 8.16. The Balaban J connectivity index is 2.01. The summed E-state index contributed by atoms with van der Waals surface area (Å²) in [4.78, 5) is 13.4. The highest BCUT2D eigenvalue weighted by Gasteiger charge is 2.71. The molecule has 2 unspecified atom stereocenters. The minimum Gasteiger partial charge on any atom is -0.455 e. The van der Waals surface area contributed by atoms with Crippen molar-refractivity contribution < 1.29 is 14.6 Å². The number of hydrogen-bond acceptors (Lipinski definition) is 6. The van der Waals surface area contributed by atoms with Crippen molar-refractivity contribution in [2.24, 2.45) is 0 Å². The van der Waals surface area contributed by atoms with Crippen molar-refractivity contribution in [2.45, 2.75) is 31.1 Å². The quantitative estimate of drug-likeness (QED) is 0.579. The van der Waals surface area contributed by atoms with E-state index in [9.17, 15) is 9.90 Å². The van der Waals surface area contributed by atoms with Gasteiger partial charge in [-0.3, -0.25) is 4.79 Å². The largest absolute Gasteiger partial charge is 0.455 e. The number of nitrogens with one attached hydrogen (secondary N) is 1. The molecule has 1 aliphatic carbocycles. The van der Waals surface area contributed by atoms with Crippen molar-refractivity contribution in [3.63, 3.8) is 0 Å². The number of carbonyl (C=O) groups is 1. The molecule has 0 fully saturated rings. The number of Topliss-reactive ketones (excluding diaryl/α,β-unsaturated/α-hetero) is 1. The van der Waals surface area contributed by atoms with Crippen LogP contribution in [0.4, 0.5) is 5.69 Å². The zero-order chi connectivity index (χ0) is 18.0. The van der Waals surface area contributed by atoms with Gasteiger partial charge in [-0.05, 0) is 29.9 Å². The standard InChI is InChI=1S/C19H20N2O3S/c1-10(2)11-7-8-12-15(9-11)24-19(23)13-5-4-6-14(20)16(13)17(22)18(12,19)21-25-3/h4-10,21,23H,20H2,1-3H3. The number of hydrogen-bond donors (Lipinski definition) is 3. The summed E-state index contributed by atoms with van der Waals surface area (Å²) < 4.78 is 9.15. The zero-order valence-electron chi connectivity index (χ0n) is 14.3. The van der Waals surface area contributed by atoms with Crippen molar-refractivity contribution in [3.05, 3.63) is 58.7 Å². The second kappa shape index (κ2) is 5.24. The van der Waals surface area contributed by atoms with Crippen LogP contribution in [-0.4, -0.2) is 17.1 Å². The Morgan fingerprint density at radius 2 is 2.00 bits per heavy atom. The smallest absolute Gasteiger partial charge is 0.266 e. The molecule has 25 heavy (non-hydrogen) atoms. The van der Waals surface area contributed by atoms with Crippen LogP contribution in [0.3, 0.4) is 0 Å². The lowest BCUT2D eigenvalue weighted by Gasteiger charge is -2.33. The van der Waals surface area contributed by atoms with Gasteiger partial charge in [-0.1, -0.05) is 50.1 Å². The van der Waals surface area contributed by atoms with E-state index >= 15 is 0 Å². The average molecular weight is 356 g/mol. The number of fused-ring (bicyclic) bond motifs is 5. The number of anilines is 1. The molecule has 0 saturated heterocycles. The third-order valence-corrected chi connectivity index (χ3v) is 5.64. The van der Waals surface area contributed by atoms with Crippen LogP contribution in [0.2, 0.25) is 0 Å². The third kappa shape index (κ3) is 1.84. The number of benzene rings is 2. The predicted molar refractivity (Wildman–Crippen MR) is 98.6 cm³/mol. The number of aliphatic hydroxyl groups is 1. The van der Waals surface area contributed by atoms with Crippen LogP contribution in [0.1, 0.15) is 46.8 Å². The molecule has 0 saturated carbocycles. The average Bonchev–Trinajstić information content (AvgIpc) is 2.93. The van der Waals surface area contributed by atoms with E-state index in [1.54, 1.807) is 18.2 Å². The van der Waals surface area contributed by atoms with Gasteiger partial charge in [0.2, 0.25) is 0 Å². The van der Waals surface area contributed by atoms with E-state index in [1.165, 1.54) is 11.9 Å². The molecule has 4 rings (SSSR count). The van der Waals surface area contributed by atoms with E-state index in [1.807, 2.05) is 24.5 Å². The lowest BCUT2D eigenvalue weighted by molar-refractivity contribution is -0.166. The molecule has 0 bridgehead atoms. The monoisotopic (exact) mass is 356 g/mol. The van der Waals surface area contributed by atoms with E-state index in [-0.39, 0.29) is 5.78 Å². The Bertz CT molecular complexity index is 898. The van der Waals surface area contributed by atoms with Crippen LogP contribution in [0.15, 0.2) is 36.4 Å². The van der Waals surface area contributed by atoms with Crippen LogP contribution in [-0.2, 0) is 11.3 Å². The van der Waals surface area contributed by atoms with Gasteiger partial charge in [-0.25, -0.2) is 4.72 Å². The minimum absolute atomic E-state index is 0.270. The molecule has 0 radical (unpaired) electrons. The van der Waals surface area contributed by atoms with Crippen LogP contribution < -0.4 is 15.2 Å². The third-order valence-electron chi connectivity index (χ3n) is 5.13. The minimum atomic E-state index is -1.82. The molecule has 0 aromatic heterocycles. The molecular formula is C19H20N2O3S. The van der Waals surface area contributed by atoms with Gasteiger partial charge in [0.1, 0.15) is 5.75 Å². The van der Waals surface area contributed by atoms with Crippen LogP contribution in [0.5, 0.6) is 5.75 Å². The van der Waals surface area contributed by atoms with E-state index in [4.69, 9.17) is 10.5 Å². The van der Waals surface area contributed by atoms with Gasteiger partial charge in [0.15, 0.2) is 11.3 Å². The number of nitrogens with two attached hydrogens (primary N) is 1. The molecule has 1 aliphatic heterocycles. The Morgan fingerprint density at radius 3 is 2.68 bits per heavy atom. The highest BCUT2D eigenvalue weighted by atomic mass is 32.2. The van der Waals surface area contributed by atoms with E-state index < -0.39 is 11.3 Å². The highest BCUT2D eigenvalue weighted by molar-refractivity contribution is 7.96. The van der Waals surface area contributed by atoms with Crippen LogP contribution in [0, 0.1) is 0 Å².